The monoisotopic (exact) mass is 434 g/mol. The fraction of sp³-hybridized carbons (Fsp3) is 0.150. The number of halogens is 1. The molecule has 0 radical (unpaired) electrons. The zero-order chi connectivity index (χ0) is 20.0. The van der Waals surface area contributed by atoms with E-state index in [1.165, 1.54) is 6.07 Å². The van der Waals surface area contributed by atoms with Crippen molar-refractivity contribution >= 4 is 38.9 Å². The molecule has 0 saturated carbocycles. The molecule has 1 unspecified atom stereocenters. The summed E-state index contributed by atoms with van der Waals surface area (Å²) in [6.45, 7) is 0.280. The van der Waals surface area contributed by atoms with Gasteiger partial charge >= 0.3 is 0 Å². The van der Waals surface area contributed by atoms with Gasteiger partial charge in [0.05, 0.1) is 0 Å². The number of sulfonamides is 1. The standard InChI is InChI=1S/C20H19ClN2O3S2/c21-17-10-8-16(9-11-17)14-22-20(24)18(13-15-5-2-1-3-6-15)23-28(25,26)19-7-4-12-27-19/h1-12,18,23H,13-14H2,(H,22,24). The zero-order valence-electron chi connectivity index (χ0n) is 14.8. The first-order valence-corrected chi connectivity index (χ1v) is 11.3. The van der Waals surface area contributed by atoms with Crippen LogP contribution >= 0.6 is 22.9 Å². The van der Waals surface area contributed by atoms with Gasteiger partial charge in [-0.25, -0.2) is 8.42 Å². The van der Waals surface area contributed by atoms with E-state index in [0.717, 1.165) is 22.5 Å². The Morgan fingerprint density at radius 2 is 1.68 bits per heavy atom. The predicted octanol–water partition coefficient (Wildman–Crippen LogP) is 3.61. The highest BCUT2D eigenvalue weighted by Crippen LogP contribution is 2.17. The van der Waals surface area contributed by atoms with Crippen LogP contribution in [0.2, 0.25) is 5.02 Å². The predicted molar refractivity (Wildman–Crippen MR) is 112 cm³/mol. The highest BCUT2D eigenvalue weighted by Gasteiger charge is 2.26. The second-order valence-electron chi connectivity index (χ2n) is 6.14. The molecular weight excluding hydrogens is 416 g/mol. The second-order valence-corrected chi connectivity index (χ2v) is 9.46. The van der Waals surface area contributed by atoms with Gasteiger partial charge in [-0.05, 0) is 41.1 Å². The molecule has 146 valence electrons. The van der Waals surface area contributed by atoms with Gasteiger partial charge in [-0.2, -0.15) is 4.72 Å². The van der Waals surface area contributed by atoms with Crippen LogP contribution in [0.15, 0.2) is 76.3 Å². The third kappa shape index (κ3) is 5.65. The zero-order valence-corrected chi connectivity index (χ0v) is 17.2. The average Bonchev–Trinajstić information content (AvgIpc) is 3.23. The van der Waals surface area contributed by atoms with E-state index in [0.29, 0.717) is 5.02 Å². The van der Waals surface area contributed by atoms with Crippen molar-refractivity contribution in [3.63, 3.8) is 0 Å². The molecule has 2 aromatic carbocycles. The normalized spacial score (nSPS) is 12.5. The maximum atomic E-state index is 12.8. The van der Waals surface area contributed by atoms with Gasteiger partial charge in [-0.1, -0.05) is 60.1 Å². The van der Waals surface area contributed by atoms with Gasteiger partial charge in [-0.15, -0.1) is 11.3 Å². The molecule has 1 atom stereocenters. The van der Waals surface area contributed by atoms with Crippen molar-refractivity contribution in [3.05, 3.63) is 88.3 Å². The molecule has 28 heavy (non-hydrogen) atoms. The van der Waals surface area contributed by atoms with Gasteiger partial charge in [0.2, 0.25) is 5.91 Å². The van der Waals surface area contributed by atoms with E-state index >= 15 is 0 Å². The molecule has 2 N–H and O–H groups in total. The average molecular weight is 435 g/mol. The molecule has 0 bridgehead atoms. The van der Waals surface area contributed by atoms with Crippen LogP contribution in [-0.4, -0.2) is 20.4 Å². The smallest absolute Gasteiger partial charge is 0.250 e. The second kappa shape index (κ2) is 9.34. The van der Waals surface area contributed by atoms with Gasteiger partial charge in [-0.3, -0.25) is 4.79 Å². The summed E-state index contributed by atoms with van der Waals surface area (Å²) < 4.78 is 27.9. The SMILES string of the molecule is O=C(NCc1ccc(Cl)cc1)C(Cc1ccccc1)NS(=O)(=O)c1cccs1. The Bertz CT molecular complexity index is 1010. The molecule has 1 heterocycles. The minimum Gasteiger partial charge on any atom is -0.351 e. The number of carbonyl (C=O) groups excluding carboxylic acids is 1. The summed E-state index contributed by atoms with van der Waals surface area (Å²) in [5.41, 5.74) is 1.74. The lowest BCUT2D eigenvalue weighted by Gasteiger charge is -2.18. The highest BCUT2D eigenvalue weighted by atomic mass is 35.5. The van der Waals surface area contributed by atoms with Crippen molar-refractivity contribution in [1.29, 1.82) is 0 Å². The number of benzene rings is 2. The Hall–Kier alpha value is -2.19. The lowest BCUT2D eigenvalue weighted by molar-refractivity contribution is -0.122. The summed E-state index contributed by atoms with van der Waals surface area (Å²) in [5.74, 6) is -0.390. The van der Waals surface area contributed by atoms with E-state index in [1.807, 2.05) is 42.5 Å². The van der Waals surface area contributed by atoms with Gasteiger partial charge in [0.25, 0.3) is 10.0 Å². The summed E-state index contributed by atoms with van der Waals surface area (Å²) in [6.07, 6.45) is 0.248. The molecular formula is C20H19ClN2O3S2. The van der Waals surface area contributed by atoms with E-state index in [4.69, 9.17) is 11.6 Å². The molecule has 3 aromatic rings. The van der Waals surface area contributed by atoms with Crippen LogP contribution in [0.3, 0.4) is 0 Å². The topological polar surface area (TPSA) is 75.3 Å². The lowest BCUT2D eigenvalue weighted by atomic mass is 10.1. The highest BCUT2D eigenvalue weighted by molar-refractivity contribution is 7.91. The number of carbonyl (C=O) groups is 1. The fourth-order valence-electron chi connectivity index (χ4n) is 2.61. The molecule has 0 saturated heterocycles. The van der Waals surface area contributed by atoms with Crippen molar-refractivity contribution in [2.45, 2.75) is 23.2 Å². The molecule has 5 nitrogen and oxygen atoms in total. The van der Waals surface area contributed by atoms with Crippen molar-refractivity contribution in [2.75, 3.05) is 0 Å². The van der Waals surface area contributed by atoms with E-state index in [1.54, 1.807) is 23.6 Å². The summed E-state index contributed by atoms with van der Waals surface area (Å²) in [4.78, 5) is 12.8. The molecule has 0 aliphatic rings. The van der Waals surface area contributed by atoms with Crippen LogP contribution in [0, 0.1) is 0 Å². The fourth-order valence-corrected chi connectivity index (χ4v) is 4.94. The Morgan fingerprint density at radius 3 is 2.32 bits per heavy atom. The van der Waals surface area contributed by atoms with Gasteiger partial charge < -0.3 is 5.32 Å². The van der Waals surface area contributed by atoms with Gasteiger partial charge in [0.15, 0.2) is 0 Å². The Kier molecular flexibility index (Phi) is 6.85. The maximum Gasteiger partial charge on any atom is 0.250 e. The quantitative estimate of drug-likeness (QED) is 0.568. The molecule has 1 aromatic heterocycles. The Balaban J connectivity index is 1.74. The number of hydrogen-bond acceptors (Lipinski definition) is 4. The van der Waals surface area contributed by atoms with Crippen LogP contribution in [0.1, 0.15) is 11.1 Å². The van der Waals surface area contributed by atoms with Crippen LogP contribution in [0.4, 0.5) is 0 Å². The van der Waals surface area contributed by atoms with E-state index in [-0.39, 0.29) is 23.1 Å². The van der Waals surface area contributed by atoms with Gasteiger partial charge in [0.1, 0.15) is 10.3 Å². The molecule has 0 aliphatic carbocycles. The summed E-state index contributed by atoms with van der Waals surface area (Å²) in [5, 5.41) is 5.09. The van der Waals surface area contributed by atoms with Gasteiger partial charge in [0, 0.05) is 11.6 Å². The Morgan fingerprint density at radius 1 is 0.964 bits per heavy atom. The minimum atomic E-state index is -3.78. The van der Waals surface area contributed by atoms with Crippen molar-refractivity contribution in [1.82, 2.24) is 10.0 Å². The van der Waals surface area contributed by atoms with Crippen LogP contribution < -0.4 is 10.0 Å². The summed E-state index contributed by atoms with van der Waals surface area (Å²) in [7, 11) is -3.78. The van der Waals surface area contributed by atoms with Crippen LogP contribution in [0.25, 0.3) is 0 Å². The first kappa shape index (κ1) is 20.5. The van der Waals surface area contributed by atoms with Crippen LogP contribution in [0.5, 0.6) is 0 Å². The number of thiophene rings is 1. The van der Waals surface area contributed by atoms with E-state index in [2.05, 4.69) is 10.0 Å². The first-order chi connectivity index (χ1) is 13.4. The maximum absolute atomic E-state index is 12.8. The number of hydrogen-bond donors (Lipinski definition) is 2. The van der Waals surface area contributed by atoms with E-state index in [9.17, 15) is 13.2 Å². The number of rotatable bonds is 8. The third-order valence-corrected chi connectivity index (χ3v) is 7.16. The lowest BCUT2D eigenvalue weighted by Crippen LogP contribution is -2.47. The van der Waals surface area contributed by atoms with Crippen LogP contribution in [-0.2, 0) is 27.8 Å². The molecule has 1 amide bonds. The minimum absolute atomic E-state index is 0.177. The first-order valence-electron chi connectivity index (χ1n) is 8.56. The van der Waals surface area contributed by atoms with Crippen molar-refractivity contribution in [3.8, 4) is 0 Å². The largest absolute Gasteiger partial charge is 0.351 e. The molecule has 3 rings (SSSR count). The molecule has 0 fully saturated rings. The third-order valence-electron chi connectivity index (χ3n) is 4.04. The number of amides is 1. The van der Waals surface area contributed by atoms with Crippen molar-refractivity contribution in [2.24, 2.45) is 0 Å². The van der Waals surface area contributed by atoms with Crippen molar-refractivity contribution < 1.29 is 13.2 Å². The molecule has 0 spiro atoms. The number of nitrogens with one attached hydrogen (secondary N) is 2. The molecule has 8 heteroatoms. The summed E-state index contributed by atoms with van der Waals surface area (Å²) >= 11 is 6.98. The Labute approximate surface area is 173 Å². The summed E-state index contributed by atoms with van der Waals surface area (Å²) in [6, 6.07) is 18.6. The van der Waals surface area contributed by atoms with E-state index < -0.39 is 16.1 Å². The molecule has 0 aliphatic heterocycles.